The lowest BCUT2D eigenvalue weighted by atomic mass is 10.1. The Morgan fingerprint density at radius 2 is 1.87 bits per heavy atom. The van der Waals surface area contributed by atoms with Crippen LogP contribution in [0.5, 0.6) is 11.6 Å². The topological polar surface area (TPSA) is 48.4 Å². The molecule has 0 atom stereocenters. The van der Waals surface area contributed by atoms with Gasteiger partial charge in [-0.1, -0.05) is 41.9 Å². The highest BCUT2D eigenvalue weighted by Gasteiger charge is 2.15. The maximum Gasteiger partial charge on any atom is 0.339 e. The van der Waals surface area contributed by atoms with Gasteiger partial charge in [0.1, 0.15) is 5.75 Å². The van der Waals surface area contributed by atoms with E-state index in [1.165, 1.54) is 0 Å². The second-order valence-electron chi connectivity index (χ2n) is 4.78. The molecular weight excluding hydrogens is 314 g/mol. The number of hydrogen-bond acceptors (Lipinski definition) is 4. The van der Waals surface area contributed by atoms with E-state index < -0.39 is 5.97 Å². The Morgan fingerprint density at radius 1 is 1.13 bits per heavy atom. The van der Waals surface area contributed by atoms with Crippen LogP contribution in [0.25, 0.3) is 10.9 Å². The quantitative estimate of drug-likeness (QED) is 0.642. The van der Waals surface area contributed by atoms with Gasteiger partial charge in [-0.05, 0) is 25.1 Å². The van der Waals surface area contributed by atoms with Gasteiger partial charge in [-0.2, -0.15) is 0 Å². The second-order valence-corrected chi connectivity index (χ2v) is 5.19. The van der Waals surface area contributed by atoms with Crippen LogP contribution in [0.3, 0.4) is 0 Å². The lowest BCUT2D eigenvalue weighted by Crippen LogP contribution is -2.06. The third-order valence-corrected chi connectivity index (χ3v) is 3.55. The molecule has 4 nitrogen and oxygen atoms in total. The predicted molar refractivity (Wildman–Crippen MR) is 89.2 cm³/mol. The molecule has 0 N–H and O–H groups in total. The van der Waals surface area contributed by atoms with Gasteiger partial charge >= 0.3 is 5.97 Å². The third kappa shape index (κ3) is 3.27. The van der Waals surface area contributed by atoms with Crippen molar-refractivity contribution in [1.29, 1.82) is 0 Å². The second kappa shape index (κ2) is 6.67. The first-order valence-electron chi connectivity index (χ1n) is 7.18. The molecule has 0 amide bonds. The number of pyridine rings is 1. The highest BCUT2D eigenvalue weighted by atomic mass is 35.5. The number of rotatable bonds is 4. The summed E-state index contributed by atoms with van der Waals surface area (Å²) >= 11 is 6.10. The number of fused-ring (bicyclic) bond motifs is 1. The molecule has 0 aliphatic heterocycles. The first-order chi connectivity index (χ1) is 11.2. The molecular formula is C18H14ClNO3. The zero-order chi connectivity index (χ0) is 16.2. The van der Waals surface area contributed by atoms with Crippen molar-refractivity contribution in [2.24, 2.45) is 0 Å². The van der Waals surface area contributed by atoms with Crippen molar-refractivity contribution >= 4 is 28.5 Å². The monoisotopic (exact) mass is 327 g/mol. The lowest BCUT2D eigenvalue weighted by Gasteiger charge is -2.10. The van der Waals surface area contributed by atoms with Crippen LogP contribution in [0.4, 0.5) is 0 Å². The van der Waals surface area contributed by atoms with Crippen LogP contribution in [0.1, 0.15) is 17.3 Å². The summed E-state index contributed by atoms with van der Waals surface area (Å²) in [6, 6.07) is 16.0. The summed E-state index contributed by atoms with van der Waals surface area (Å²) < 4.78 is 10.9. The van der Waals surface area contributed by atoms with E-state index in [4.69, 9.17) is 21.1 Å². The molecule has 3 rings (SSSR count). The Labute approximate surface area is 138 Å². The third-order valence-electron chi connectivity index (χ3n) is 3.24. The van der Waals surface area contributed by atoms with E-state index in [1.54, 1.807) is 25.1 Å². The fraction of sp³-hybridized carbons (Fsp3) is 0.111. The molecule has 23 heavy (non-hydrogen) atoms. The molecule has 0 spiro atoms. The number of carbonyl (C=O) groups excluding carboxylic acids is 1. The number of nitrogens with zero attached hydrogens (tertiary/aromatic N) is 1. The normalized spacial score (nSPS) is 10.5. The van der Waals surface area contributed by atoms with Crippen molar-refractivity contribution in [3.63, 3.8) is 0 Å². The zero-order valence-corrected chi connectivity index (χ0v) is 13.2. The lowest BCUT2D eigenvalue weighted by molar-refractivity contribution is 0.0528. The number of aromatic nitrogens is 1. The average molecular weight is 328 g/mol. The Hall–Kier alpha value is -2.59. The molecule has 3 aromatic rings. The summed E-state index contributed by atoms with van der Waals surface area (Å²) in [4.78, 5) is 16.6. The molecule has 0 unspecified atom stereocenters. The van der Waals surface area contributed by atoms with Crippen molar-refractivity contribution < 1.29 is 14.3 Å². The molecule has 0 aliphatic rings. The van der Waals surface area contributed by atoms with Crippen molar-refractivity contribution in [3.05, 3.63) is 65.2 Å². The summed E-state index contributed by atoms with van der Waals surface area (Å²) in [7, 11) is 0. The fourth-order valence-corrected chi connectivity index (χ4v) is 2.40. The van der Waals surface area contributed by atoms with E-state index in [2.05, 4.69) is 4.98 Å². The Bertz CT molecular complexity index is 864. The SMILES string of the molecule is CCOC(=O)c1cc(Oc2ccccc2Cl)nc2ccccc12. The number of esters is 1. The number of para-hydroxylation sites is 2. The van der Waals surface area contributed by atoms with Gasteiger partial charge < -0.3 is 9.47 Å². The summed E-state index contributed by atoms with van der Waals surface area (Å²) in [6.07, 6.45) is 0. The van der Waals surface area contributed by atoms with Crippen LogP contribution in [0.2, 0.25) is 5.02 Å². The smallest absolute Gasteiger partial charge is 0.339 e. The van der Waals surface area contributed by atoms with Gasteiger partial charge in [0.2, 0.25) is 5.88 Å². The van der Waals surface area contributed by atoms with Gasteiger partial charge in [0.25, 0.3) is 0 Å². The van der Waals surface area contributed by atoms with Gasteiger partial charge in [-0.15, -0.1) is 0 Å². The molecule has 0 bridgehead atoms. The molecule has 1 aromatic heterocycles. The maximum atomic E-state index is 12.2. The zero-order valence-electron chi connectivity index (χ0n) is 12.5. The van der Waals surface area contributed by atoms with Crippen LogP contribution in [0.15, 0.2) is 54.6 Å². The summed E-state index contributed by atoms with van der Waals surface area (Å²) in [5.41, 5.74) is 1.07. The minimum Gasteiger partial charge on any atom is -0.462 e. The van der Waals surface area contributed by atoms with Crippen LogP contribution >= 0.6 is 11.6 Å². The average Bonchev–Trinajstić information content (AvgIpc) is 2.56. The highest BCUT2D eigenvalue weighted by molar-refractivity contribution is 6.32. The first kappa shape index (κ1) is 15.3. The van der Waals surface area contributed by atoms with E-state index in [0.717, 1.165) is 5.39 Å². The maximum absolute atomic E-state index is 12.2. The van der Waals surface area contributed by atoms with Gasteiger partial charge in [0, 0.05) is 11.5 Å². The first-order valence-corrected chi connectivity index (χ1v) is 7.56. The van der Waals surface area contributed by atoms with E-state index in [9.17, 15) is 4.79 Å². The molecule has 0 saturated heterocycles. The predicted octanol–water partition coefficient (Wildman–Crippen LogP) is 4.86. The number of halogens is 1. The van der Waals surface area contributed by atoms with Gasteiger partial charge in [-0.3, -0.25) is 0 Å². The van der Waals surface area contributed by atoms with Crippen LogP contribution in [-0.2, 0) is 4.74 Å². The molecule has 1 heterocycles. The van der Waals surface area contributed by atoms with E-state index in [1.807, 2.05) is 36.4 Å². The Balaban J connectivity index is 2.08. The molecule has 0 fully saturated rings. The molecule has 2 aromatic carbocycles. The fourth-order valence-electron chi connectivity index (χ4n) is 2.22. The molecule has 116 valence electrons. The molecule has 0 aliphatic carbocycles. The Morgan fingerprint density at radius 3 is 2.65 bits per heavy atom. The van der Waals surface area contributed by atoms with Gasteiger partial charge in [0.15, 0.2) is 0 Å². The summed E-state index contributed by atoms with van der Waals surface area (Å²) in [5.74, 6) is 0.363. The van der Waals surface area contributed by atoms with Gasteiger partial charge in [0.05, 0.1) is 22.7 Å². The van der Waals surface area contributed by atoms with Crippen LogP contribution < -0.4 is 4.74 Å². The van der Waals surface area contributed by atoms with Gasteiger partial charge in [-0.25, -0.2) is 9.78 Å². The van der Waals surface area contributed by atoms with Crippen molar-refractivity contribution in [2.75, 3.05) is 6.61 Å². The van der Waals surface area contributed by atoms with E-state index in [-0.39, 0.29) is 0 Å². The number of carbonyl (C=O) groups is 1. The standard InChI is InChI=1S/C18H14ClNO3/c1-2-22-18(21)13-11-17(20-15-9-5-3-7-12(13)15)23-16-10-6-4-8-14(16)19/h3-11H,2H2,1H3. The molecule has 5 heteroatoms. The van der Waals surface area contributed by atoms with Crippen molar-refractivity contribution in [2.45, 2.75) is 6.92 Å². The number of ether oxygens (including phenoxy) is 2. The molecule has 0 saturated carbocycles. The van der Waals surface area contributed by atoms with E-state index in [0.29, 0.717) is 34.3 Å². The Kier molecular flexibility index (Phi) is 4.44. The van der Waals surface area contributed by atoms with Crippen LogP contribution in [-0.4, -0.2) is 17.6 Å². The summed E-state index contributed by atoms with van der Waals surface area (Å²) in [5, 5.41) is 1.19. The minimum absolute atomic E-state index is 0.292. The summed E-state index contributed by atoms with van der Waals surface area (Å²) in [6.45, 7) is 2.07. The number of benzene rings is 2. The molecule has 0 radical (unpaired) electrons. The van der Waals surface area contributed by atoms with Crippen molar-refractivity contribution in [3.8, 4) is 11.6 Å². The minimum atomic E-state index is -0.407. The number of hydrogen-bond donors (Lipinski definition) is 0. The highest BCUT2D eigenvalue weighted by Crippen LogP contribution is 2.30. The van der Waals surface area contributed by atoms with E-state index >= 15 is 0 Å². The largest absolute Gasteiger partial charge is 0.462 e. The van der Waals surface area contributed by atoms with Crippen molar-refractivity contribution in [1.82, 2.24) is 4.98 Å². The van der Waals surface area contributed by atoms with Crippen LogP contribution in [0, 0.1) is 0 Å².